The van der Waals surface area contributed by atoms with Crippen molar-refractivity contribution in [1.82, 2.24) is 0 Å². The molecule has 0 aliphatic carbocycles. The number of carbonyl (C=O) groups excluding carboxylic acids is 1. The minimum atomic E-state index is -0.0407. The van der Waals surface area contributed by atoms with Gasteiger partial charge in [-0.05, 0) is 37.4 Å². The molecule has 0 fully saturated rings. The monoisotopic (exact) mass is 276 g/mol. The fraction of sp³-hybridized carbons (Fsp3) is 0.267. The Morgan fingerprint density at radius 3 is 2.74 bits per heavy atom. The quantitative estimate of drug-likeness (QED) is 0.780. The summed E-state index contributed by atoms with van der Waals surface area (Å²) in [6.45, 7) is 3.91. The van der Waals surface area contributed by atoms with Crippen LogP contribution in [-0.2, 0) is 0 Å². The lowest BCUT2D eigenvalue weighted by molar-refractivity contribution is 0.103. The van der Waals surface area contributed by atoms with E-state index < -0.39 is 0 Å². The maximum Gasteiger partial charge on any atom is 0.206 e. The van der Waals surface area contributed by atoms with Gasteiger partial charge in [-0.15, -0.1) is 11.3 Å². The van der Waals surface area contributed by atoms with Crippen molar-refractivity contribution < 1.29 is 14.3 Å². The highest BCUT2D eigenvalue weighted by molar-refractivity contribution is 7.12. The van der Waals surface area contributed by atoms with Gasteiger partial charge in [0, 0.05) is 5.56 Å². The predicted molar refractivity (Wildman–Crippen MR) is 76.5 cm³/mol. The maximum atomic E-state index is 12.4. The van der Waals surface area contributed by atoms with Gasteiger partial charge in [0.25, 0.3) is 0 Å². The summed E-state index contributed by atoms with van der Waals surface area (Å²) in [5, 5.41) is 1.85. The van der Waals surface area contributed by atoms with Crippen LogP contribution in [0.1, 0.15) is 29.1 Å². The summed E-state index contributed by atoms with van der Waals surface area (Å²) in [4.78, 5) is 13.0. The van der Waals surface area contributed by atoms with Crippen molar-refractivity contribution in [3.05, 3.63) is 46.2 Å². The molecule has 0 aliphatic heterocycles. The van der Waals surface area contributed by atoms with E-state index >= 15 is 0 Å². The van der Waals surface area contributed by atoms with Crippen LogP contribution in [0.5, 0.6) is 11.5 Å². The largest absolute Gasteiger partial charge is 0.495 e. The lowest BCUT2D eigenvalue weighted by Gasteiger charge is -2.10. The topological polar surface area (TPSA) is 35.5 Å². The van der Waals surface area contributed by atoms with Crippen LogP contribution in [-0.4, -0.2) is 19.0 Å². The van der Waals surface area contributed by atoms with E-state index in [1.54, 1.807) is 25.3 Å². The summed E-state index contributed by atoms with van der Waals surface area (Å²) in [6, 6.07) is 9.02. The van der Waals surface area contributed by atoms with E-state index in [0.29, 0.717) is 21.9 Å². The Bertz CT molecular complexity index is 572. The number of benzene rings is 1. The van der Waals surface area contributed by atoms with Crippen LogP contribution < -0.4 is 9.47 Å². The normalized spacial score (nSPS) is 10.5. The number of rotatable bonds is 5. The molecule has 0 saturated heterocycles. The van der Waals surface area contributed by atoms with Crippen molar-refractivity contribution in [3.8, 4) is 11.5 Å². The predicted octanol–water partition coefficient (Wildman–Crippen LogP) is 3.77. The molecule has 100 valence electrons. The standard InChI is InChI=1S/C15H16O3S/c1-10(2)18-12-6-4-5-11(9-12)14(16)15-13(17-3)7-8-19-15/h4-10H,1-3H3. The highest BCUT2D eigenvalue weighted by atomic mass is 32.1. The fourth-order valence-corrected chi connectivity index (χ4v) is 2.56. The second-order valence-corrected chi connectivity index (χ2v) is 5.26. The van der Waals surface area contributed by atoms with Crippen molar-refractivity contribution in [2.75, 3.05) is 7.11 Å². The average Bonchev–Trinajstić information content (AvgIpc) is 2.85. The Balaban J connectivity index is 2.29. The number of hydrogen-bond acceptors (Lipinski definition) is 4. The molecule has 1 heterocycles. The highest BCUT2D eigenvalue weighted by Crippen LogP contribution is 2.28. The van der Waals surface area contributed by atoms with Gasteiger partial charge in [-0.1, -0.05) is 12.1 Å². The SMILES string of the molecule is COc1ccsc1C(=O)c1cccc(OC(C)C)c1. The molecule has 1 aromatic heterocycles. The Morgan fingerprint density at radius 1 is 1.26 bits per heavy atom. The van der Waals surface area contributed by atoms with Crippen molar-refractivity contribution >= 4 is 17.1 Å². The number of methoxy groups -OCH3 is 1. The fourth-order valence-electron chi connectivity index (χ4n) is 1.74. The number of carbonyl (C=O) groups is 1. The Kier molecular flexibility index (Phi) is 4.22. The molecule has 0 aliphatic rings. The summed E-state index contributed by atoms with van der Waals surface area (Å²) < 4.78 is 10.8. The zero-order chi connectivity index (χ0) is 13.8. The first kappa shape index (κ1) is 13.6. The van der Waals surface area contributed by atoms with Gasteiger partial charge in [0.1, 0.15) is 16.4 Å². The van der Waals surface area contributed by atoms with Crippen LogP contribution in [0.25, 0.3) is 0 Å². The van der Waals surface area contributed by atoms with Gasteiger partial charge in [0.05, 0.1) is 13.2 Å². The van der Waals surface area contributed by atoms with Gasteiger partial charge < -0.3 is 9.47 Å². The van der Waals surface area contributed by atoms with Crippen molar-refractivity contribution in [1.29, 1.82) is 0 Å². The third-order valence-electron chi connectivity index (χ3n) is 2.52. The van der Waals surface area contributed by atoms with Gasteiger partial charge in [0.2, 0.25) is 5.78 Å². The first-order valence-electron chi connectivity index (χ1n) is 6.04. The van der Waals surface area contributed by atoms with Gasteiger partial charge in [0.15, 0.2) is 0 Å². The zero-order valence-electron chi connectivity index (χ0n) is 11.2. The third-order valence-corrected chi connectivity index (χ3v) is 3.42. The van der Waals surface area contributed by atoms with Crippen LogP contribution in [0.2, 0.25) is 0 Å². The molecule has 0 amide bonds. The second kappa shape index (κ2) is 5.89. The maximum absolute atomic E-state index is 12.4. The van der Waals surface area contributed by atoms with Crippen LogP contribution in [0.15, 0.2) is 35.7 Å². The molecule has 19 heavy (non-hydrogen) atoms. The Labute approximate surface area is 116 Å². The van der Waals surface area contributed by atoms with Gasteiger partial charge in [-0.3, -0.25) is 4.79 Å². The van der Waals surface area contributed by atoms with Gasteiger partial charge >= 0.3 is 0 Å². The van der Waals surface area contributed by atoms with E-state index in [0.717, 1.165) is 0 Å². The molecule has 0 atom stereocenters. The molecule has 2 aromatic rings. The van der Waals surface area contributed by atoms with Crippen molar-refractivity contribution in [3.63, 3.8) is 0 Å². The van der Waals surface area contributed by atoms with Crippen LogP contribution >= 0.6 is 11.3 Å². The molecule has 0 radical (unpaired) electrons. The third kappa shape index (κ3) is 3.15. The highest BCUT2D eigenvalue weighted by Gasteiger charge is 2.16. The van der Waals surface area contributed by atoms with E-state index in [-0.39, 0.29) is 11.9 Å². The van der Waals surface area contributed by atoms with E-state index in [1.807, 2.05) is 31.4 Å². The lowest BCUT2D eigenvalue weighted by atomic mass is 10.1. The molecule has 3 nitrogen and oxygen atoms in total. The van der Waals surface area contributed by atoms with Crippen molar-refractivity contribution in [2.45, 2.75) is 20.0 Å². The minimum Gasteiger partial charge on any atom is -0.495 e. The van der Waals surface area contributed by atoms with E-state index in [2.05, 4.69) is 0 Å². The number of hydrogen-bond donors (Lipinski definition) is 0. The summed E-state index contributed by atoms with van der Waals surface area (Å²) in [6.07, 6.45) is 0.0848. The van der Waals surface area contributed by atoms with Gasteiger partial charge in [-0.25, -0.2) is 0 Å². The van der Waals surface area contributed by atoms with E-state index in [4.69, 9.17) is 9.47 Å². The molecular formula is C15H16O3S. The van der Waals surface area contributed by atoms with E-state index in [9.17, 15) is 4.79 Å². The Morgan fingerprint density at radius 2 is 2.05 bits per heavy atom. The molecule has 1 aromatic carbocycles. The molecule has 4 heteroatoms. The average molecular weight is 276 g/mol. The second-order valence-electron chi connectivity index (χ2n) is 4.34. The summed E-state index contributed by atoms with van der Waals surface area (Å²) in [5.41, 5.74) is 0.610. The van der Waals surface area contributed by atoms with Crippen LogP contribution in [0.4, 0.5) is 0 Å². The number of thiophene rings is 1. The lowest BCUT2D eigenvalue weighted by Crippen LogP contribution is -2.07. The van der Waals surface area contributed by atoms with E-state index in [1.165, 1.54) is 11.3 Å². The summed E-state index contributed by atoms with van der Waals surface area (Å²) in [5.74, 6) is 1.28. The molecule has 0 unspecified atom stereocenters. The molecule has 0 N–H and O–H groups in total. The first-order valence-corrected chi connectivity index (χ1v) is 6.92. The molecule has 2 rings (SSSR count). The number of ether oxygens (including phenoxy) is 2. The van der Waals surface area contributed by atoms with Gasteiger partial charge in [-0.2, -0.15) is 0 Å². The minimum absolute atomic E-state index is 0.0407. The number of ketones is 1. The first-order chi connectivity index (χ1) is 9.11. The smallest absolute Gasteiger partial charge is 0.206 e. The summed E-state index contributed by atoms with van der Waals surface area (Å²) in [7, 11) is 1.57. The Hall–Kier alpha value is -1.81. The molecule has 0 spiro atoms. The molecule has 0 saturated carbocycles. The molecular weight excluding hydrogens is 260 g/mol. The van der Waals surface area contributed by atoms with Crippen LogP contribution in [0.3, 0.4) is 0 Å². The van der Waals surface area contributed by atoms with Crippen LogP contribution in [0, 0.1) is 0 Å². The molecule has 0 bridgehead atoms. The zero-order valence-corrected chi connectivity index (χ0v) is 12.0. The summed E-state index contributed by atoms with van der Waals surface area (Å²) >= 11 is 1.38. The van der Waals surface area contributed by atoms with Crippen molar-refractivity contribution in [2.24, 2.45) is 0 Å².